The van der Waals surface area contributed by atoms with Gasteiger partial charge in [-0.3, -0.25) is 0 Å². The lowest BCUT2D eigenvalue weighted by molar-refractivity contribution is 0.590. The maximum atomic E-state index is 2.58. The Morgan fingerprint density at radius 1 is 0.458 bits per heavy atom. The number of aryl methyl sites for hydroxylation is 1. The molecule has 59 heavy (non-hydrogen) atoms. The number of fused-ring (bicyclic) bond motifs is 7. The zero-order valence-electron chi connectivity index (χ0n) is 36.2. The Balaban J connectivity index is 1.25. The lowest BCUT2D eigenvalue weighted by atomic mass is 9.33. The van der Waals surface area contributed by atoms with Crippen LogP contribution in [0.25, 0.3) is 31.3 Å². The van der Waals surface area contributed by atoms with Crippen LogP contribution in [-0.4, -0.2) is 6.71 Å². The van der Waals surface area contributed by atoms with Crippen molar-refractivity contribution in [1.29, 1.82) is 0 Å². The van der Waals surface area contributed by atoms with E-state index in [0.29, 0.717) is 0 Å². The van der Waals surface area contributed by atoms with Gasteiger partial charge in [-0.25, -0.2) is 0 Å². The number of anilines is 6. The highest BCUT2D eigenvalue weighted by atomic mass is 32.1. The highest BCUT2D eigenvalue weighted by molar-refractivity contribution is 7.26. The molecule has 292 valence electrons. The molecule has 10 rings (SSSR count). The van der Waals surface area contributed by atoms with E-state index in [1.165, 1.54) is 104 Å². The molecule has 7 aromatic carbocycles. The van der Waals surface area contributed by atoms with Crippen LogP contribution in [0, 0.1) is 6.92 Å². The molecule has 0 aliphatic carbocycles. The Morgan fingerprint density at radius 3 is 1.61 bits per heavy atom. The van der Waals surface area contributed by atoms with Gasteiger partial charge in [0.2, 0.25) is 0 Å². The summed E-state index contributed by atoms with van der Waals surface area (Å²) in [6.07, 6.45) is 0. The van der Waals surface area contributed by atoms with Gasteiger partial charge in [0, 0.05) is 54.3 Å². The number of nitrogens with zero attached hydrogens (tertiary/aromatic N) is 2. The van der Waals surface area contributed by atoms with Gasteiger partial charge in [0.05, 0.1) is 0 Å². The summed E-state index contributed by atoms with van der Waals surface area (Å²) in [5.41, 5.74) is 19.3. The predicted octanol–water partition coefficient (Wildman–Crippen LogP) is 14.0. The van der Waals surface area contributed by atoms with Crippen LogP contribution in [0.2, 0.25) is 0 Å². The van der Waals surface area contributed by atoms with Crippen LogP contribution in [0.1, 0.15) is 84.6 Å². The van der Waals surface area contributed by atoms with Gasteiger partial charge in [-0.05, 0) is 134 Å². The van der Waals surface area contributed by atoms with Crippen LogP contribution in [0.3, 0.4) is 0 Å². The van der Waals surface area contributed by atoms with Crippen molar-refractivity contribution in [3.05, 3.63) is 162 Å². The zero-order valence-corrected chi connectivity index (χ0v) is 37.0. The Morgan fingerprint density at radius 2 is 1.00 bits per heavy atom. The number of hydrogen-bond acceptors (Lipinski definition) is 3. The average molecular weight is 785 g/mol. The zero-order chi connectivity index (χ0) is 41.2. The van der Waals surface area contributed by atoms with Crippen molar-refractivity contribution < 1.29 is 0 Å². The van der Waals surface area contributed by atoms with E-state index >= 15 is 0 Å². The summed E-state index contributed by atoms with van der Waals surface area (Å²) in [4.78, 5) is 5.14. The minimum atomic E-state index is -0.0155. The molecule has 0 spiro atoms. The van der Waals surface area contributed by atoms with Crippen molar-refractivity contribution in [2.45, 2.75) is 85.5 Å². The fraction of sp³-hybridized carbons (Fsp3) is 0.236. The first kappa shape index (κ1) is 37.7. The molecular weight excluding hydrogens is 731 g/mol. The van der Waals surface area contributed by atoms with E-state index in [0.717, 1.165) is 0 Å². The van der Waals surface area contributed by atoms with E-state index in [1.807, 2.05) is 11.3 Å². The Hall–Kier alpha value is -5.58. The molecular formula is C55H53BN2S. The van der Waals surface area contributed by atoms with Gasteiger partial charge in [-0.1, -0.05) is 141 Å². The van der Waals surface area contributed by atoms with Gasteiger partial charge in [-0.15, -0.1) is 11.3 Å². The number of hydrogen-bond donors (Lipinski definition) is 0. The van der Waals surface area contributed by atoms with E-state index in [1.54, 1.807) is 0 Å². The summed E-state index contributed by atoms with van der Waals surface area (Å²) < 4.78 is 2.66. The first-order valence-corrected chi connectivity index (χ1v) is 22.0. The molecule has 0 saturated heterocycles. The number of benzene rings is 7. The van der Waals surface area contributed by atoms with Gasteiger partial charge in [0.25, 0.3) is 6.71 Å². The first-order chi connectivity index (χ1) is 28.1. The molecule has 3 heterocycles. The third kappa shape index (κ3) is 6.13. The lowest BCUT2D eigenvalue weighted by Crippen LogP contribution is -2.61. The minimum absolute atomic E-state index is 0.00235. The normalized spacial score (nSPS) is 13.8. The number of thiophene rings is 1. The topological polar surface area (TPSA) is 6.48 Å². The lowest BCUT2D eigenvalue weighted by Gasteiger charge is -2.45. The smallest absolute Gasteiger partial charge is 0.252 e. The Labute approximate surface area is 355 Å². The summed E-state index contributed by atoms with van der Waals surface area (Å²) in [5, 5.41) is 2.66. The second kappa shape index (κ2) is 13.2. The van der Waals surface area contributed by atoms with Crippen molar-refractivity contribution in [2.24, 2.45) is 0 Å². The summed E-state index contributed by atoms with van der Waals surface area (Å²) in [6, 6.07) is 53.7. The van der Waals surface area contributed by atoms with Gasteiger partial charge in [-0.2, -0.15) is 0 Å². The van der Waals surface area contributed by atoms with Crippen molar-refractivity contribution in [2.75, 3.05) is 9.80 Å². The highest BCUT2D eigenvalue weighted by Gasteiger charge is 2.44. The van der Waals surface area contributed by atoms with Gasteiger partial charge >= 0.3 is 0 Å². The summed E-state index contributed by atoms with van der Waals surface area (Å²) >= 11 is 1.88. The van der Waals surface area contributed by atoms with Crippen LogP contribution < -0.4 is 26.2 Å². The Bertz CT molecular complexity index is 2970. The summed E-state index contributed by atoms with van der Waals surface area (Å²) in [5.74, 6) is 0. The maximum Gasteiger partial charge on any atom is 0.252 e. The number of rotatable bonds is 3. The molecule has 0 N–H and O–H groups in total. The second-order valence-electron chi connectivity index (χ2n) is 20.0. The van der Waals surface area contributed by atoms with Crippen LogP contribution in [0.4, 0.5) is 34.1 Å². The molecule has 0 radical (unpaired) electrons. The monoisotopic (exact) mass is 784 g/mol. The van der Waals surface area contributed by atoms with E-state index in [4.69, 9.17) is 0 Å². The van der Waals surface area contributed by atoms with E-state index in [9.17, 15) is 0 Å². The minimum Gasteiger partial charge on any atom is -0.311 e. The Kier molecular flexibility index (Phi) is 8.44. The van der Waals surface area contributed by atoms with Gasteiger partial charge in [0.1, 0.15) is 0 Å². The van der Waals surface area contributed by atoms with Crippen molar-refractivity contribution in [3.63, 3.8) is 0 Å². The van der Waals surface area contributed by atoms with Gasteiger partial charge in [0.15, 0.2) is 0 Å². The molecule has 0 bridgehead atoms. The van der Waals surface area contributed by atoms with E-state index < -0.39 is 0 Å². The van der Waals surface area contributed by atoms with Crippen LogP contribution in [-0.2, 0) is 16.2 Å². The van der Waals surface area contributed by atoms with Crippen LogP contribution >= 0.6 is 11.3 Å². The second-order valence-corrected chi connectivity index (χ2v) is 21.1. The summed E-state index contributed by atoms with van der Waals surface area (Å²) in [7, 11) is 0. The van der Waals surface area contributed by atoms with E-state index in [2.05, 4.69) is 219 Å². The summed E-state index contributed by atoms with van der Waals surface area (Å²) in [6.45, 7) is 23.2. The standard InChI is InChI=1S/C55H53BN2S/c1-34-29-47-52-48(30-34)58(40-16-13-15-35(31-40)41-18-14-20-50-51(41)42-17-11-12-19-49(42)59-50)46-33-38(55(8,9)10)24-28-44(46)56(52)43-27-23-37(54(5,6)7)32-45(43)57(47)39-25-21-36(22-26-39)53(2,3)4/h11-33H,1-10H3. The molecule has 0 amide bonds. The fourth-order valence-electron chi connectivity index (χ4n) is 9.55. The first-order valence-electron chi connectivity index (χ1n) is 21.2. The van der Waals surface area contributed by atoms with Crippen LogP contribution in [0.15, 0.2) is 140 Å². The average Bonchev–Trinajstić information content (AvgIpc) is 3.58. The molecule has 8 aromatic rings. The van der Waals surface area contributed by atoms with Crippen LogP contribution in [0.5, 0.6) is 0 Å². The molecule has 4 heteroatoms. The quantitative estimate of drug-likeness (QED) is 0.165. The SMILES string of the molecule is Cc1cc2c3c(c1)N(c1cccc(-c4cccc5sc6ccccc6c45)c1)c1cc(C(C)(C)C)ccc1B3c1ccc(C(C)(C)C)cc1N2c1ccc(C(C)(C)C)cc1. The molecule has 1 aromatic heterocycles. The third-order valence-corrected chi connectivity index (χ3v) is 13.9. The molecule has 0 fully saturated rings. The van der Waals surface area contributed by atoms with E-state index in [-0.39, 0.29) is 23.0 Å². The fourth-order valence-corrected chi connectivity index (χ4v) is 10.7. The molecule has 0 unspecified atom stereocenters. The van der Waals surface area contributed by atoms with Crippen molar-refractivity contribution in [1.82, 2.24) is 0 Å². The van der Waals surface area contributed by atoms with Gasteiger partial charge < -0.3 is 9.80 Å². The molecule has 2 aliphatic rings. The maximum absolute atomic E-state index is 2.58. The molecule has 2 aliphatic heterocycles. The predicted molar refractivity (Wildman–Crippen MR) is 260 cm³/mol. The largest absolute Gasteiger partial charge is 0.311 e. The third-order valence-electron chi connectivity index (χ3n) is 12.8. The van der Waals surface area contributed by atoms with Crippen molar-refractivity contribution >= 4 is 88.7 Å². The highest BCUT2D eigenvalue weighted by Crippen LogP contribution is 2.47. The molecule has 0 saturated carbocycles. The molecule has 0 atom stereocenters. The molecule has 2 nitrogen and oxygen atoms in total. The van der Waals surface area contributed by atoms with Crippen molar-refractivity contribution in [3.8, 4) is 11.1 Å².